The Morgan fingerprint density at radius 1 is 0.827 bits per heavy atom. The van der Waals surface area contributed by atoms with Crippen molar-refractivity contribution in [1.29, 1.82) is 0 Å². The zero-order valence-electron chi connectivity index (χ0n) is 43.2. The number of ether oxygens (including phenoxy) is 1. The molecular weight excluding hydrogens is 950 g/mol. The number of pyridine rings is 1. The molecule has 3 aromatic carbocycles. The number of hydrogen-bond acceptors (Lipinski definition) is 14. The standard InChI is InChI=1S/C58H70FN11O5/c1-2-37-4-3-5-38-27-44(71)28-46(50(37)38)52-51(59)53-47(29-60-52)54(69-32-40-6-7-41(33-69)61-40)64-57(63-53)75-35-58(16-17-58)34-66-18-14-42(15-19-66)67-20-12-36(13-21-67)30-65-22-24-68(25-23-65)43-8-9-45-39(26-43)31-70(56(45)74)48-10-11-49(72)62-55(48)73/h3-5,8-9,26-29,36,40-42,48,61,71H,2,6-7,10-25,30-35H2,1H3,(H,62,72,73)/t40?,41?,48-/m0/s1. The minimum Gasteiger partial charge on any atom is -0.508 e. The molecule has 2 unspecified atom stereocenters. The van der Waals surface area contributed by atoms with E-state index in [1.54, 1.807) is 23.2 Å². The number of piperidine rings is 3. The molecule has 75 heavy (non-hydrogen) atoms. The highest BCUT2D eigenvalue weighted by atomic mass is 19.1. The summed E-state index contributed by atoms with van der Waals surface area (Å²) in [6.45, 7) is 15.1. The quantitative estimate of drug-likeness (QED) is 0.116. The summed E-state index contributed by atoms with van der Waals surface area (Å²) >= 11 is 0. The van der Waals surface area contributed by atoms with E-state index in [4.69, 9.17) is 19.7 Å². The number of phenolic OH excluding ortho intramolecular Hbond substituents is 1. The van der Waals surface area contributed by atoms with Crippen molar-refractivity contribution in [3.05, 3.63) is 77.2 Å². The lowest BCUT2D eigenvalue weighted by atomic mass is 9.92. The van der Waals surface area contributed by atoms with Gasteiger partial charge in [0, 0.05) is 112 Å². The summed E-state index contributed by atoms with van der Waals surface area (Å²) in [5, 5.41) is 19.2. The number of rotatable bonds is 13. The number of carbonyl (C=O) groups is 3. The van der Waals surface area contributed by atoms with Crippen LogP contribution in [0.2, 0.25) is 0 Å². The molecule has 1 saturated carbocycles. The number of amides is 3. The predicted octanol–water partition coefficient (Wildman–Crippen LogP) is 6.11. The number of hydrogen-bond donors (Lipinski definition) is 3. The number of benzene rings is 3. The summed E-state index contributed by atoms with van der Waals surface area (Å²) in [5.74, 6) is 0.149. The first kappa shape index (κ1) is 48.6. The van der Waals surface area contributed by atoms with Crippen LogP contribution in [0, 0.1) is 17.2 Å². The smallest absolute Gasteiger partial charge is 0.319 e. The van der Waals surface area contributed by atoms with Crippen LogP contribution in [0.15, 0.2) is 54.7 Å². The van der Waals surface area contributed by atoms with E-state index in [0.29, 0.717) is 65.9 Å². The van der Waals surface area contributed by atoms with Crippen molar-refractivity contribution in [2.24, 2.45) is 11.3 Å². The SMILES string of the molecule is CCc1cccc2cc(O)cc(-c3ncc4c(N5CC6CCC(C5)N6)nc(OCC5(CN6CCC(N7CCC(CN8CCN(c9ccc%10c(c9)CN([C@H]9CCC(=O)NC9=O)C%10=O)CC8)CC7)CC6)CC5)nc4c3F)c12. The molecule has 2 bridgehead atoms. The number of halogens is 1. The van der Waals surface area contributed by atoms with Gasteiger partial charge in [0.05, 0.1) is 12.0 Å². The number of likely N-dealkylation sites (tertiary alicyclic amines) is 2. The molecule has 2 aromatic heterocycles. The van der Waals surface area contributed by atoms with E-state index in [0.717, 1.165) is 125 Å². The molecule has 5 aromatic rings. The Bertz CT molecular complexity index is 3030. The van der Waals surface area contributed by atoms with Crippen molar-refractivity contribution in [1.82, 2.24) is 45.2 Å². The topological polar surface area (TPSA) is 163 Å². The first-order valence-corrected chi connectivity index (χ1v) is 28.0. The molecule has 16 nitrogen and oxygen atoms in total. The fraction of sp³-hybridized carbons (Fsp3) is 0.552. The number of anilines is 2. The maximum absolute atomic E-state index is 17.2. The summed E-state index contributed by atoms with van der Waals surface area (Å²) in [7, 11) is 0. The van der Waals surface area contributed by atoms with Crippen molar-refractivity contribution in [2.75, 3.05) is 94.9 Å². The van der Waals surface area contributed by atoms with E-state index in [1.165, 1.54) is 38.8 Å². The van der Waals surface area contributed by atoms with Crippen LogP contribution in [-0.4, -0.2) is 167 Å². The second kappa shape index (κ2) is 19.8. The highest BCUT2D eigenvalue weighted by Gasteiger charge is 2.46. The molecule has 0 radical (unpaired) electrons. The Morgan fingerprint density at radius 2 is 1.61 bits per heavy atom. The Labute approximate surface area is 438 Å². The van der Waals surface area contributed by atoms with Gasteiger partial charge < -0.3 is 39.7 Å². The van der Waals surface area contributed by atoms with Crippen LogP contribution in [0.4, 0.5) is 15.9 Å². The van der Waals surface area contributed by atoms with Gasteiger partial charge in [0.25, 0.3) is 5.91 Å². The van der Waals surface area contributed by atoms with Gasteiger partial charge >= 0.3 is 6.01 Å². The summed E-state index contributed by atoms with van der Waals surface area (Å²) in [6.07, 6.45) is 12.3. The average molecular weight is 1020 g/mol. The Hall–Kier alpha value is -6.01. The van der Waals surface area contributed by atoms with Crippen LogP contribution in [0.1, 0.15) is 92.6 Å². The van der Waals surface area contributed by atoms with Gasteiger partial charge in [-0.15, -0.1) is 0 Å². The molecule has 17 heteroatoms. The van der Waals surface area contributed by atoms with Gasteiger partial charge in [0.15, 0.2) is 5.82 Å². The van der Waals surface area contributed by atoms with Gasteiger partial charge in [-0.2, -0.15) is 9.97 Å². The number of aryl methyl sites for hydroxylation is 1. The Kier molecular flexibility index (Phi) is 12.9. The van der Waals surface area contributed by atoms with Crippen LogP contribution in [-0.2, 0) is 22.6 Å². The van der Waals surface area contributed by atoms with E-state index < -0.39 is 11.9 Å². The number of carbonyl (C=O) groups excluding carboxylic acids is 3. The molecule has 0 spiro atoms. The third-order valence-electron chi connectivity index (χ3n) is 18.4. The predicted molar refractivity (Wildman–Crippen MR) is 285 cm³/mol. The molecule has 3 atom stereocenters. The highest BCUT2D eigenvalue weighted by Crippen LogP contribution is 2.47. The normalized spacial score (nSPS) is 24.9. The number of aromatic nitrogens is 3. The molecule has 13 rings (SSSR count). The van der Waals surface area contributed by atoms with Crippen LogP contribution in [0.25, 0.3) is 32.9 Å². The number of phenols is 1. The molecule has 7 fully saturated rings. The van der Waals surface area contributed by atoms with E-state index in [1.807, 2.05) is 30.3 Å². The number of aromatic hydroxyl groups is 1. The lowest BCUT2D eigenvalue weighted by Crippen LogP contribution is -2.52. The fourth-order valence-corrected chi connectivity index (χ4v) is 13.9. The minimum atomic E-state index is -0.596. The third kappa shape index (κ3) is 9.56. The Morgan fingerprint density at radius 3 is 2.36 bits per heavy atom. The lowest BCUT2D eigenvalue weighted by Gasteiger charge is -2.44. The third-order valence-corrected chi connectivity index (χ3v) is 18.4. The second-order valence-corrected chi connectivity index (χ2v) is 23.2. The molecule has 7 aliphatic heterocycles. The molecule has 3 amide bonds. The van der Waals surface area contributed by atoms with Gasteiger partial charge in [-0.05, 0) is 149 Å². The number of imide groups is 1. The minimum absolute atomic E-state index is 0.0329. The van der Waals surface area contributed by atoms with Gasteiger partial charge in [-0.3, -0.25) is 29.6 Å². The maximum atomic E-state index is 17.2. The fourth-order valence-electron chi connectivity index (χ4n) is 13.9. The Balaban J connectivity index is 0.600. The van der Waals surface area contributed by atoms with Gasteiger partial charge in [-0.1, -0.05) is 25.1 Å². The van der Waals surface area contributed by atoms with E-state index in [9.17, 15) is 19.5 Å². The van der Waals surface area contributed by atoms with E-state index in [2.05, 4.69) is 48.1 Å². The highest BCUT2D eigenvalue weighted by molar-refractivity contribution is 6.06. The number of nitrogens with one attached hydrogen (secondary N) is 2. The molecule has 9 heterocycles. The molecule has 394 valence electrons. The number of nitrogens with zero attached hydrogens (tertiary/aromatic N) is 9. The van der Waals surface area contributed by atoms with Crippen LogP contribution in [0.3, 0.4) is 0 Å². The zero-order chi connectivity index (χ0) is 51.0. The first-order valence-electron chi connectivity index (χ1n) is 28.0. The van der Waals surface area contributed by atoms with Crippen molar-refractivity contribution >= 4 is 50.9 Å². The largest absolute Gasteiger partial charge is 0.508 e. The molecule has 8 aliphatic rings. The summed E-state index contributed by atoms with van der Waals surface area (Å²) in [5.41, 5.74) is 4.75. The molecular formula is C58H70FN11O5. The number of piperazine rings is 2. The first-order chi connectivity index (χ1) is 36.5. The van der Waals surface area contributed by atoms with Crippen molar-refractivity contribution in [3.8, 4) is 23.0 Å². The van der Waals surface area contributed by atoms with Crippen LogP contribution >= 0.6 is 0 Å². The number of fused-ring (bicyclic) bond motifs is 5. The van der Waals surface area contributed by atoms with Crippen LogP contribution < -0.4 is 25.2 Å². The van der Waals surface area contributed by atoms with Gasteiger partial charge in [0.1, 0.15) is 28.8 Å². The van der Waals surface area contributed by atoms with Crippen LogP contribution in [0.5, 0.6) is 11.8 Å². The van der Waals surface area contributed by atoms with Crippen molar-refractivity contribution in [2.45, 2.75) is 108 Å². The second-order valence-electron chi connectivity index (χ2n) is 23.2. The molecule has 6 saturated heterocycles. The monoisotopic (exact) mass is 1020 g/mol. The molecule has 1 aliphatic carbocycles. The zero-order valence-corrected chi connectivity index (χ0v) is 43.2. The van der Waals surface area contributed by atoms with Crippen molar-refractivity contribution < 1.29 is 28.6 Å². The summed E-state index contributed by atoms with van der Waals surface area (Å²) < 4.78 is 23.8. The van der Waals surface area contributed by atoms with Crippen molar-refractivity contribution in [3.63, 3.8) is 0 Å². The van der Waals surface area contributed by atoms with Gasteiger partial charge in [0.2, 0.25) is 11.8 Å². The van der Waals surface area contributed by atoms with E-state index >= 15 is 4.39 Å². The molecule has 3 N–H and O–H groups in total. The summed E-state index contributed by atoms with van der Waals surface area (Å²) in [6, 6.07) is 16.4. The van der Waals surface area contributed by atoms with E-state index in [-0.39, 0.29) is 52.5 Å². The maximum Gasteiger partial charge on any atom is 0.319 e. The van der Waals surface area contributed by atoms with Gasteiger partial charge in [-0.25, -0.2) is 4.39 Å². The summed E-state index contributed by atoms with van der Waals surface area (Å²) in [4.78, 5) is 66.5. The average Bonchev–Trinajstić information content (AvgIpc) is 4.02. The lowest BCUT2D eigenvalue weighted by molar-refractivity contribution is -0.136.